The number of rotatable bonds is 6. The molecule has 0 aliphatic heterocycles. The van der Waals surface area contributed by atoms with Crippen LogP contribution >= 0.6 is 0 Å². The van der Waals surface area contributed by atoms with Gasteiger partial charge in [0.1, 0.15) is 5.69 Å². The summed E-state index contributed by atoms with van der Waals surface area (Å²) in [6.07, 6.45) is 0.799. The molecule has 0 aliphatic rings. The van der Waals surface area contributed by atoms with E-state index in [1.54, 1.807) is 6.07 Å². The summed E-state index contributed by atoms with van der Waals surface area (Å²) >= 11 is 0. The van der Waals surface area contributed by atoms with Crippen LogP contribution in [0.4, 0.5) is 5.69 Å². The molecule has 0 saturated carbocycles. The van der Waals surface area contributed by atoms with Gasteiger partial charge in [-0.3, -0.25) is 9.89 Å². The van der Waals surface area contributed by atoms with E-state index in [9.17, 15) is 9.59 Å². The highest BCUT2D eigenvalue weighted by Gasteiger charge is 2.15. The molecule has 6 nitrogen and oxygen atoms in total. The largest absolute Gasteiger partial charge is 0.451 e. The van der Waals surface area contributed by atoms with Gasteiger partial charge >= 0.3 is 5.97 Å². The number of H-pyrrole nitrogens is 1. The lowest BCUT2D eigenvalue weighted by Gasteiger charge is -2.12. The molecule has 0 unspecified atom stereocenters. The number of hydrogen-bond donors (Lipinski definition) is 2. The number of carbonyl (C=O) groups excluding carboxylic acids is 2. The number of hydrogen-bond acceptors (Lipinski definition) is 4. The molecule has 3 aromatic rings. The number of amides is 1. The Morgan fingerprint density at radius 3 is 2.57 bits per heavy atom. The molecular weight excluding hydrogens is 354 g/mol. The quantitative estimate of drug-likeness (QED) is 0.635. The molecule has 1 heterocycles. The smallest absolute Gasteiger partial charge is 0.356 e. The predicted molar refractivity (Wildman–Crippen MR) is 108 cm³/mol. The number of benzene rings is 2. The van der Waals surface area contributed by atoms with Gasteiger partial charge < -0.3 is 10.1 Å². The van der Waals surface area contributed by atoms with Crippen molar-refractivity contribution in [1.82, 2.24) is 10.2 Å². The third-order valence-electron chi connectivity index (χ3n) is 4.48. The zero-order valence-electron chi connectivity index (χ0n) is 16.2. The van der Waals surface area contributed by atoms with Crippen LogP contribution in [0.1, 0.15) is 34.1 Å². The van der Waals surface area contributed by atoms with Gasteiger partial charge in [0, 0.05) is 11.3 Å². The minimum atomic E-state index is -0.624. The number of carbonyl (C=O) groups is 2. The molecule has 6 heteroatoms. The normalized spacial score (nSPS) is 10.5. The number of anilines is 1. The molecular formula is C22H23N3O3. The molecule has 0 aliphatic carbocycles. The van der Waals surface area contributed by atoms with Crippen molar-refractivity contribution in [2.45, 2.75) is 27.2 Å². The van der Waals surface area contributed by atoms with Crippen LogP contribution in [0, 0.1) is 13.8 Å². The molecule has 0 bridgehead atoms. The summed E-state index contributed by atoms with van der Waals surface area (Å²) in [6, 6.07) is 15.3. The molecule has 2 N–H and O–H groups in total. The zero-order chi connectivity index (χ0) is 20.1. The Hall–Kier alpha value is -3.41. The van der Waals surface area contributed by atoms with Crippen LogP contribution in [-0.4, -0.2) is 28.7 Å². The van der Waals surface area contributed by atoms with E-state index < -0.39 is 5.97 Å². The first-order valence-corrected chi connectivity index (χ1v) is 9.16. The average Bonchev–Trinajstić information content (AvgIpc) is 3.18. The van der Waals surface area contributed by atoms with E-state index >= 15 is 0 Å². The van der Waals surface area contributed by atoms with E-state index in [0.717, 1.165) is 34.4 Å². The Morgan fingerprint density at radius 2 is 1.86 bits per heavy atom. The summed E-state index contributed by atoms with van der Waals surface area (Å²) in [5.74, 6) is -1.00. The molecule has 144 valence electrons. The highest BCUT2D eigenvalue weighted by atomic mass is 16.5. The van der Waals surface area contributed by atoms with Gasteiger partial charge in [0.15, 0.2) is 6.61 Å². The highest BCUT2D eigenvalue weighted by Crippen LogP contribution is 2.21. The van der Waals surface area contributed by atoms with E-state index in [1.807, 2.05) is 63.2 Å². The fourth-order valence-corrected chi connectivity index (χ4v) is 2.88. The second-order valence-corrected chi connectivity index (χ2v) is 6.62. The monoisotopic (exact) mass is 377 g/mol. The van der Waals surface area contributed by atoms with Crippen LogP contribution in [0.2, 0.25) is 0 Å². The van der Waals surface area contributed by atoms with Crippen molar-refractivity contribution in [3.8, 4) is 11.3 Å². The van der Waals surface area contributed by atoms with Crippen LogP contribution < -0.4 is 5.32 Å². The van der Waals surface area contributed by atoms with E-state index in [1.165, 1.54) is 0 Å². The maximum Gasteiger partial charge on any atom is 0.356 e. The van der Waals surface area contributed by atoms with Gasteiger partial charge in [-0.05, 0) is 37.5 Å². The maximum absolute atomic E-state index is 12.2. The molecule has 0 atom stereocenters. The van der Waals surface area contributed by atoms with Crippen LogP contribution in [0.25, 0.3) is 11.3 Å². The van der Waals surface area contributed by atoms with Crippen molar-refractivity contribution in [3.63, 3.8) is 0 Å². The first kappa shape index (κ1) is 19.4. The van der Waals surface area contributed by atoms with Crippen molar-refractivity contribution >= 4 is 17.6 Å². The van der Waals surface area contributed by atoms with Crippen LogP contribution in [-0.2, 0) is 16.0 Å². The first-order valence-electron chi connectivity index (χ1n) is 9.16. The molecule has 2 aromatic carbocycles. The summed E-state index contributed by atoms with van der Waals surface area (Å²) in [5.41, 5.74) is 5.66. The van der Waals surface area contributed by atoms with E-state index in [4.69, 9.17) is 4.74 Å². The second kappa shape index (κ2) is 8.52. The van der Waals surface area contributed by atoms with Crippen molar-refractivity contribution in [2.75, 3.05) is 11.9 Å². The van der Waals surface area contributed by atoms with Gasteiger partial charge in [-0.25, -0.2) is 4.79 Å². The average molecular weight is 377 g/mol. The van der Waals surface area contributed by atoms with Gasteiger partial charge in [0.2, 0.25) is 0 Å². The number of para-hydroxylation sites is 1. The molecule has 28 heavy (non-hydrogen) atoms. The Balaban J connectivity index is 1.60. The Bertz CT molecular complexity index is 991. The third-order valence-corrected chi connectivity index (χ3v) is 4.48. The lowest BCUT2D eigenvalue weighted by Crippen LogP contribution is -2.22. The number of esters is 1. The summed E-state index contributed by atoms with van der Waals surface area (Å²) in [4.78, 5) is 24.4. The van der Waals surface area contributed by atoms with Crippen LogP contribution in [0.15, 0.2) is 48.5 Å². The number of nitrogens with one attached hydrogen (secondary N) is 2. The van der Waals surface area contributed by atoms with Crippen LogP contribution in [0.3, 0.4) is 0 Å². The molecule has 1 amide bonds. The lowest BCUT2D eigenvalue weighted by atomic mass is 10.1. The van der Waals surface area contributed by atoms with Crippen molar-refractivity contribution in [3.05, 3.63) is 70.9 Å². The minimum Gasteiger partial charge on any atom is -0.451 e. The Morgan fingerprint density at radius 1 is 1.11 bits per heavy atom. The minimum absolute atomic E-state index is 0.202. The third kappa shape index (κ3) is 4.46. The zero-order valence-corrected chi connectivity index (χ0v) is 16.2. The lowest BCUT2D eigenvalue weighted by molar-refractivity contribution is -0.119. The van der Waals surface area contributed by atoms with Gasteiger partial charge in [-0.15, -0.1) is 0 Å². The van der Waals surface area contributed by atoms with Crippen molar-refractivity contribution < 1.29 is 14.3 Å². The fourth-order valence-electron chi connectivity index (χ4n) is 2.88. The summed E-state index contributed by atoms with van der Waals surface area (Å²) < 4.78 is 5.12. The molecule has 0 spiro atoms. The van der Waals surface area contributed by atoms with Crippen LogP contribution in [0.5, 0.6) is 0 Å². The fraction of sp³-hybridized carbons (Fsp3) is 0.227. The summed E-state index contributed by atoms with van der Waals surface area (Å²) in [6.45, 7) is 5.59. The number of ether oxygens (including phenoxy) is 1. The number of aromatic amines is 1. The molecule has 1 aromatic heterocycles. The molecule has 0 saturated heterocycles. The number of aryl methyl sites for hydroxylation is 3. The van der Waals surface area contributed by atoms with Gasteiger partial charge in [0.25, 0.3) is 5.91 Å². The predicted octanol–water partition coefficient (Wildman–Crippen LogP) is 4.05. The molecule has 3 rings (SSSR count). The standard InChI is InChI=1S/C22H23N3O3/c1-4-16-7-5-6-15(3)21(16)23-20(26)13-28-22(27)19-12-18(24-25-19)17-10-8-14(2)9-11-17/h5-12H,4,13H2,1-3H3,(H,23,26)(H,24,25). The summed E-state index contributed by atoms with van der Waals surface area (Å²) in [5, 5.41) is 9.63. The molecule has 0 radical (unpaired) electrons. The van der Waals surface area contributed by atoms with E-state index in [-0.39, 0.29) is 18.2 Å². The Labute approximate surface area is 163 Å². The first-order chi connectivity index (χ1) is 13.5. The SMILES string of the molecule is CCc1cccc(C)c1NC(=O)COC(=O)c1cc(-c2ccc(C)cc2)n[nH]1. The second-order valence-electron chi connectivity index (χ2n) is 6.62. The molecule has 0 fully saturated rings. The van der Waals surface area contributed by atoms with E-state index in [0.29, 0.717) is 5.69 Å². The highest BCUT2D eigenvalue weighted by molar-refractivity contribution is 5.96. The maximum atomic E-state index is 12.2. The number of aromatic nitrogens is 2. The van der Waals surface area contributed by atoms with E-state index in [2.05, 4.69) is 15.5 Å². The van der Waals surface area contributed by atoms with Crippen molar-refractivity contribution in [1.29, 1.82) is 0 Å². The topological polar surface area (TPSA) is 84.1 Å². The number of nitrogens with zero attached hydrogens (tertiary/aromatic N) is 1. The summed E-state index contributed by atoms with van der Waals surface area (Å²) in [7, 11) is 0. The Kier molecular flexibility index (Phi) is 5.89. The van der Waals surface area contributed by atoms with Gasteiger partial charge in [0.05, 0.1) is 5.69 Å². The van der Waals surface area contributed by atoms with Gasteiger partial charge in [-0.2, -0.15) is 5.10 Å². The van der Waals surface area contributed by atoms with Gasteiger partial charge in [-0.1, -0.05) is 55.0 Å². The van der Waals surface area contributed by atoms with Crippen molar-refractivity contribution in [2.24, 2.45) is 0 Å².